The molecule has 1 atom stereocenters. The molecule has 1 aromatic carbocycles. The summed E-state index contributed by atoms with van der Waals surface area (Å²) in [5.74, 6) is -0.406. The Labute approximate surface area is 110 Å². The van der Waals surface area contributed by atoms with E-state index in [9.17, 15) is 13.2 Å². The third-order valence-corrected chi connectivity index (χ3v) is 4.03. The van der Waals surface area contributed by atoms with Crippen LogP contribution >= 0.6 is 11.6 Å². The van der Waals surface area contributed by atoms with Gasteiger partial charge in [-0.1, -0.05) is 11.6 Å². The van der Waals surface area contributed by atoms with Crippen LogP contribution in [-0.2, 0) is 14.8 Å². The Morgan fingerprint density at radius 2 is 2.11 bits per heavy atom. The van der Waals surface area contributed by atoms with E-state index in [-0.39, 0.29) is 9.92 Å². The SMILES string of the molecule is COc1ccc(S(=O)(=O)N[C@@H](C)C(N)=O)cc1Cl. The number of nitrogens with two attached hydrogens (primary N) is 1. The molecule has 18 heavy (non-hydrogen) atoms. The van der Waals surface area contributed by atoms with Gasteiger partial charge in [0, 0.05) is 0 Å². The molecule has 0 aromatic heterocycles. The molecule has 0 fully saturated rings. The van der Waals surface area contributed by atoms with E-state index in [1.54, 1.807) is 0 Å². The second kappa shape index (κ2) is 5.55. The van der Waals surface area contributed by atoms with E-state index in [0.717, 1.165) is 0 Å². The van der Waals surface area contributed by atoms with Crippen molar-refractivity contribution < 1.29 is 17.9 Å². The minimum atomic E-state index is -3.84. The number of carbonyl (C=O) groups is 1. The fourth-order valence-electron chi connectivity index (χ4n) is 1.17. The Balaban J connectivity index is 3.06. The van der Waals surface area contributed by atoms with Gasteiger partial charge in [0.05, 0.1) is 23.1 Å². The normalized spacial score (nSPS) is 13.1. The number of hydrogen-bond acceptors (Lipinski definition) is 4. The molecule has 0 unspecified atom stereocenters. The average Bonchev–Trinajstić information content (AvgIpc) is 2.28. The molecular formula is C10H13ClN2O4S. The van der Waals surface area contributed by atoms with E-state index >= 15 is 0 Å². The highest BCUT2D eigenvalue weighted by Crippen LogP contribution is 2.26. The van der Waals surface area contributed by atoms with E-state index in [4.69, 9.17) is 22.1 Å². The Kier molecular flexibility index (Phi) is 4.55. The smallest absolute Gasteiger partial charge is 0.241 e. The molecule has 0 saturated carbocycles. The minimum absolute atomic E-state index is 0.0681. The molecule has 1 amide bonds. The molecule has 0 aliphatic carbocycles. The summed E-state index contributed by atoms with van der Waals surface area (Å²) in [6.45, 7) is 1.35. The number of sulfonamides is 1. The van der Waals surface area contributed by atoms with Gasteiger partial charge < -0.3 is 10.5 Å². The van der Waals surface area contributed by atoms with E-state index < -0.39 is 22.0 Å². The number of amides is 1. The molecule has 0 bridgehead atoms. The number of benzene rings is 1. The van der Waals surface area contributed by atoms with Crippen molar-refractivity contribution in [1.29, 1.82) is 0 Å². The van der Waals surface area contributed by atoms with Crippen molar-refractivity contribution in [2.45, 2.75) is 17.9 Å². The summed E-state index contributed by atoms with van der Waals surface area (Å²) in [5, 5.41) is 0.159. The van der Waals surface area contributed by atoms with Crippen molar-refractivity contribution in [3.63, 3.8) is 0 Å². The van der Waals surface area contributed by atoms with Crippen LogP contribution in [0.2, 0.25) is 5.02 Å². The molecule has 6 nitrogen and oxygen atoms in total. The van der Waals surface area contributed by atoms with Gasteiger partial charge in [0.2, 0.25) is 15.9 Å². The van der Waals surface area contributed by atoms with Crippen LogP contribution in [0.1, 0.15) is 6.92 Å². The van der Waals surface area contributed by atoms with E-state index in [0.29, 0.717) is 5.75 Å². The van der Waals surface area contributed by atoms with Crippen molar-refractivity contribution in [3.05, 3.63) is 23.2 Å². The lowest BCUT2D eigenvalue weighted by molar-refractivity contribution is -0.119. The number of methoxy groups -OCH3 is 1. The van der Waals surface area contributed by atoms with Crippen LogP contribution in [-0.4, -0.2) is 27.5 Å². The second-order valence-corrected chi connectivity index (χ2v) is 5.66. The van der Waals surface area contributed by atoms with E-state index in [1.807, 2.05) is 0 Å². The lowest BCUT2D eigenvalue weighted by Crippen LogP contribution is -2.42. The van der Waals surface area contributed by atoms with Crippen molar-refractivity contribution in [3.8, 4) is 5.75 Å². The summed E-state index contributed by atoms with van der Waals surface area (Å²) in [7, 11) is -2.42. The largest absolute Gasteiger partial charge is 0.495 e. The summed E-state index contributed by atoms with van der Waals surface area (Å²) >= 11 is 5.83. The van der Waals surface area contributed by atoms with Gasteiger partial charge in [0.1, 0.15) is 5.75 Å². The average molecular weight is 293 g/mol. The van der Waals surface area contributed by atoms with Gasteiger partial charge in [-0.25, -0.2) is 8.42 Å². The van der Waals surface area contributed by atoms with Gasteiger partial charge in [-0.05, 0) is 25.1 Å². The van der Waals surface area contributed by atoms with E-state index in [2.05, 4.69) is 4.72 Å². The second-order valence-electron chi connectivity index (χ2n) is 3.54. The van der Waals surface area contributed by atoms with Crippen LogP contribution in [0.3, 0.4) is 0 Å². The van der Waals surface area contributed by atoms with Crippen LogP contribution in [0.15, 0.2) is 23.1 Å². The zero-order valence-corrected chi connectivity index (χ0v) is 11.4. The number of carbonyl (C=O) groups excluding carboxylic acids is 1. The van der Waals surface area contributed by atoms with Gasteiger partial charge in [-0.2, -0.15) is 4.72 Å². The van der Waals surface area contributed by atoms with Crippen molar-refractivity contribution in [1.82, 2.24) is 4.72 Å². The monoisotopic (exact) mass is 292 g/mol. The van der Waals surface area contributed by atoms with Gasteiger partial charge in [-0.3, -0.25) is 4.79 Å². The fraction of sp³-hybridized carbons (Fsp3) is 0.300. The predicted octanol–water partition coefficient (Wildman–Crippen LogP) is 0.501. The molecule has 8 heteroatoms. The third-order valence-electron chi connectivity index (χ3n) is 2.19. The third kappa shape index (κ3) is 3.34. The highest BCUT2D eigenvalue weighted by Gasteiger charge is 2.21. The van der Waals surface area contributed by atoms with Crippen molar-refractivity contribution in [2.24, 2.45) is 5.73 Å². The molecular weight excluding hydrogens is 280 g/mol. The summed E-state index contributed by atoms with van der Waals surface area (Å²) in [4.78, 5) is 10.8. The van der Waals surface area contributed by atoms with Gasteiger partial charge in [0.25, 0.3) is 0 Å². The molecule has 0 saturated heterocycles. The summed E-state index contributed by atoms with van der Waals surface area (Å²) in [5.41, 5.74) is 4.98. The molecule has 1 aromatic rings. The number of halogens is 1. The zero-order valence-electron chi connectivity index (χ0n) is 9.81. The Hall–Kier alpha value is -1.31. The van der Waals surface area contributed by atoms with Crippen molar-refractivity contribution >= 4 is 27.5 Å². The van der Waals surface area contributed by atoms with Gasteiger partial charge >= 0.3 is 0 Å². The highest BCUT2D eigenvalue weighted by molar-refractivity contribution is 7.89. The number of nitrogens with one attached hydrogen (secondary N) is 1. The zero-order chi connectivity index (χ0) is 13.9. The predicted molar refractivity (Wildman–Crippen MR) is 67.0 cm³/mol. The summed E-state index contributed by atoms with van der Waals surface area (Å²) < 4.78 is 30.8. The molecule has 3 N–H and O–H groups in total. The summed E-state index contributed by atoms with van der Waals surface area (Å²) in [6, 6.07) is 2.97. The standard InChI is InChI=1S/C10H13ClN2O4S/c1-6(10(12)14)13-18(15,16)7-3-4-9(17-2)8(11)5-7/h3-6,13H,1-2H3,(H2,12,14)/t6-/m0/s1. The maximum atomic E-state index is 11.9. The maximum absolute atomic E-state index is 11.9. The number of rotatable bonds is 5. The molecule has 0 aliphatic heterocycles. The Bertz CT molecular complexity index is 559. The van der Waals surface area contributed by atoms with Crippen LogP contribution in [0, 0.1) is 0 Å². The topological polar surface area (TPSA) is 98.5 Å². The number of hydrogen-bond donors (Lipinski definition) is 2. The van der Waals surface area contributed by atoms with Gasteiger partial charge in [0.15, 0.2) is 0 Å². The van der Waals surface area contributed by atoms with Crippen LogP contribution in [0.25, 0.3) is 0 Å². The van der Waals surface area contributed by atoms with Crippen LogP contribution in [0.4, 0.5) is 0 Å². The van der Waals surface area contributed by atoms with Gasteiger partial charge in [-0.15, -0.1) is 0 Å². The minimum Gasteiger partial charge on any atom is -0.495 e. The number of primary amides is 1. The maximum Gasteiger partial charge on any atom is 0.241 e. The fourth-order valence-corrected chi connectivity index (χ4v) is 2.73. The number of ether oxygens (including phenoxy) is 1. The molecule has 0 spiro atoms. The first-order valence-electron chi connectivity index (χ1n) is 4.93. The quantitative estimate of drug-likeness (QED) is 0.825. The van der Waals surface area contributed by atoms with Crippen molar-refractivity contribution in [2.75, 3.05) is 7.11 Å². The van der Waals surface area contributed by atoms with Crippen LogP contribution in [0.5, 0.6) is 5.75 Å². The summed E-state index contributed by atoms with van der Waals surface area (Å²) in [6.07, 6.45) is 0. The molecule has 0 radical (unpaired) electrons. The first-order valence-corrected chi connectivity index (χ1v) is 6.79. The van der Waals surface area contributed by atoms with Crippen LogP contribution < -0.4 is 15.2 Å². The molecule has 1 rings (SSSR count). The van der Waals surface area contributed by atoms with E-state index in [1.165, 1.54) is 32.2 Å². The molecule has 0 heterocycles. The molecule has 0 aliphatic rings. The molecule has 100 valence electrons. The Morgan fingerprint density at radius 1 is 1.50 bits per heavy atom. The first-order chi connectivity index (χ1) is 8.27. The lowest BCUT2D eigenvalue weighted by atomic mass is 10.3. The Morgan fingerprint density at radius 3 is 2.56 bits per heavy atom. The highest BCUT2D eigenvalue weighted by atomic mass is 35.5. The lowest BCUT2D eigenvalue weighted by Gasteiger charge is -2.12. The first kappa shape index (κ1) is 14.7.